The average Bonchev–Trinajstić information content (AvgIpc) is 2.78. The van der Waals surface area contributed by atoms with Gasteiger partial charge in [-0.1, -0.05) is 97.0 Å². The van der Waals surface area contributed by atoms with Gasteiger partial charge < -0.3 is 9.29 Å². The Balaban J connectivity index is 0.0000109. The second kappa shape index (κ2) is 21.1. The van der Waals surface area contributed by atoms with Crippen LogP contribution >= 0.6 is 0 Å². The molecule has 0 spiro atoms. The summed E-state index contributed by atoms with van der Waals surface area (Å²) in [7, 11) is -4.25. The zero-order valence-corrected chi connectivity index (χ0v) is 25.4. The molecule has 0 aliphatic rings. The monoisotopic (exact) mass is 504 g/mol. The van der Waals surface area contributed by atoms with Crippen molar-refractivity contribution in [3.8, 4) is 5.75 Å². The van der Waals surface area contributed by atoms with Crippen LogP contribution in [-0.2, 0) is 23.0 Å². The third-order valence-electron chi connectivity index (χ3n) is 6.56. The number of ether oxygens (including phenoxy) is 1. The summed E-state index contributed by atoms with van der Waals surface area (Å²) in [6.45, 7) is 6.20. The van der Waals surface area contributed by atoms with Crippen LogP contribution in [0.25, 0.3) is 0 Å². The van der Waals surface area contributed by atoms with E-state index >= 15 is 0 Å². The molecule has 0 bridgehead atoms. The van der Waals surface area contributed by atoms with Gasteiger partial charge in [0.25, 0.3) is 0 Å². The number of benzene rings is 1. The Morgan fingerprint density at radius 1 is 0.765 bits per heavy atom. The van der Waals surface area contributed by atoms with Crippen molar-refractivity contribution in [2.75, 3.05) is 6.61 Å². The Hall–Kier alpha value is -0.0700. The van der Waals surface area contributed by atoms with E-state index in [2.05, 4.69) is 26.0 Å². The van der Waals surface area contributed by atoms with Crippen LogP contribution in [0.2, 0.25) is 0 Å². The summed E-state index contributed by atoms with van der Waals surface area (Å²) >= 11 is 0. The summed E-state index contributed by atoms with van der Waals surface area (Å²) in [6, 6.07) is 6.34. The van der Waals surface area contributed by atoms with Crippen LogP contribution in [0.15, 0.2) is 18.2 Å². The first-order valence-corrected chi connectivity index (χ1v) is 15.0. The molecule has 1 atom stereocenters. The van der Waals surface area contributed by atoms with E-state index in [4.69, 9.17) is 4.74 Å². The van der Waals surface area contributed by atoms with Crippen LogP contribution in [0.4, 0.5) is 0 Å². The van der Waals surface area contributed by atoms with Crippen molar-refractivity contribution >= 4 is 10.1 Å². The zero-order chi connectivity index (χ0) is 24.4. The first kappa shape index (κ1) is 33.9. The molecule has 0 aliphatic carbocycles. The fraction of sp³-hybridized carbons (Fsp3) is 0.786. The normalized spacial score (nSPS) is 12.4. The molecule has 0 saturated heterocycles. The zero-order valence-electron chi connectivity index (χ0n) is 22.6. The minimum atomic E-state index is -4.25. The van der Waals surface area contributed by atoms with Crippen molar-refractivity contribution in [1.82, 2.24) is 0 Å². The summed E-state index contributed by atoms with van der Waals surface area (Å²) < 4.78 is 39.1. The first-order valence-electron chi connectivity index (χ1n) is 13.6. The van der Waals surface area contributed by atoms with E-state index in [0.29, 0.717) is 0 Å². The maximum atomic E-state index is 11.1. The van der Waals surface area contributed by atoms with Crippen LogP contribution in [0.1, 0.15) is 128 Å². The number of unbranched alkanes of at least 4 members (excludes halogenated alkanes) is 12. The maximum absolute atomic E-state index is 11.1. The van der Waals surface area contributed by atoms with E-state index in [1.165, 1.54) is 108 Å². The molecule has 0 heterocycles. The van der Waals surface area contributed by atoms with E-state index in [0.717, 1.165) is 18.6 Å². The van der Waals surface area contributed by atoms with Gasteiger partial charge >= 0.3 is 29.6 Å². The van der Waals surface area contributed by atoms with Gasteiger partial charge in [-0.3, -0.25) is 0 Å². The van der Waals surface area contributed by atoms with Gasteiger partial charge in [0, 0.05) is 5.25 Å². The predicted octanol–water partition coefficient (Wildman–Crippen LogP) is 4.98. The van der Waals surface area contributed by atoms with E-state index in [1.807, 2.05) is 6.07 Å². The standard InChI is InChI=1S/C28H50O4S.Na/c1-4-6-8-10-12-14-16-18-26-20-21-28(32-23-22-25(3)33(29,30)31)24-27(26)19-17-15-13-11-9-7-5-2;/h20-21,24-25H,4-19,22-23H2,1-3H3,(H,29,30,31);/q;+1/p-1. The number of hydrogen-bond donors (Lipinski definition) is 0. The molecule has 0 aromatic heterocycles. The second-order valence-electron chi connectivity index (χ2n) is 9.61. The largest absolute Gasteiger partial charge is 1.00 e. The van der Waals surface area contributed by atoms with Crippen molar-refractivity contribution in [1.29, 1.82) is 0 Å². The van der Waals surface area contributed by atoms with Gasteiger partial charge in [0.15, 0.2) is 0 Å². The summed E-state index contributed by atoms with van der Waals surface area (Å²) in [4.78, 5) is 0. The number of aryl methyl sites for hydroxylation is 2. The molecule has 0 amide bonds. The van der Waals surface area contributed by atoms with Crippen molar-refractivity contribution in [2.45, 2.75) is 135 Å². The van der Waals surface area contributed by atoms with Crippen LogP contribution in [0.5, 0.6) is 5.75 Å². The van der Waals surface area contributed by atoms with E-state index in [1.54, 1.807) is 0 Å². The molecule has 1 aromatic rings. The molecule has 1 rings (SSSR count). The third kappa shape index (κ3) is 16.6. The summed E-state index contributed by atoms with van der Waals surface area (Å²) in [5.74, 6) is 0.784. The Bertz CT molecular complexity index is 721. The maximum Gasteiger partial charge on any atom is 1.00 e. The van der Waals surface area contributed by atoms with Gasteiger partial charge in [-0.2, -0.15) is 0 Å². The molecule has 192 valence electrons. The molecule has 0 radical (unpaired) electrons. The van der Waals surface area contributed by atoms with Crippen molar-refractivity contribution < 1.29 is 47.3 Å². The second-order valence-corrected chi connectivity index (χ2v) is 11.4. The van der Waals surface area contributed by atoms with Gasteiger partial charge in [0.05, 0.1) is 16.7 Å². The molecule has 34 heavy (non-hydrogen) atoms. The van der Waals surface area contributed by atoms with E-state index in [9.17, 15) is 13.0 Å². The molecule has 6 heteroatoms. The molecule has 1 unspecified atom stereocenters. The fourth-order valence-corrected chi connectivity index (χ4v) is 4.59. The molecule has 4 nitrogen and oxygen atoms in total. The molecular weight excluding hydrogens is 455 g/mol. The van der Waals surface area contributed by atoms with Gasteiger partial charge in [-0.25, -0.2) is 8.42 Å². The Kier molecular flexibility index (Phi) is 21.0. The molecule has 0 aliphatic heterocycles. The van der Waals surface area contributed by atoms with Crippen molar-refractivity contribution in [3.63, 3.8) is 0 Å². The minimum Gasteiger partial charge on any atom is -0.748 e. The van der Waals surface area contributed by atoms with Gasteiger partial charge in [-0.05, 0) is 62.3 Å². The Morgan fingerprint density at radius 2 is 1.24 bits per heavy atom. The van der Waals surface area contributed by atoms with Crippen LogP contribution < -0.4 is 34.3 Å². The van der Waals surface area contributed by atoms with Crippen LogP contribution in [0.3, 0.4) is 0 Å². The van der Waals surface area contributed by atoms with E-state index < -0.39 is 15.4 Å². The first-order chi connectivity index (χ1) is 15.9. The van der Waals surface area contributed by atoms with Gasteiger partial charge in [0.2, 0.25) is 0 Å². The molecular formula is C28H49NaO4S. The summed E-state index contributed by atoms with van der Waals surface area (Å²) in [6.07, 6.45) is 20.7. The summed E-state index contributed by atoms with van der Waals surface area (Å²) in [5, 5.41) is -0.915. The van der Waals surface area contributed by atoms with E-state index in [-0.39, 0.29) is 42.6 Å². The fourth-order valence-electron chi connectivity index (χ4n) is 4.20. The van der Waals surface area contributed by atoms with Crippen LogP contribution in [-0.4, -0.2) is 24.8 Å². The quantitative estimate of drug-likeness (QED) is 0.135. The topological polar surface area (TPSA) is 66.4 Å². The molecule has 1 aromatic carbocycles. The van der Waals surface area contributed by atoms with Gasteiger partial charge in [-0.15, -0.1) is 0 Å². The van der Waals surface area contributed by atoms with Crippen molar-refractivity contribution in [3.05, 3.63) is 29.3 Å². The summed E-state index contributed by atoms with van der Waals surface area (Å²) in [5.41, 5.74) is 2.80. The molecule has 0 N–H and O–H groups in total. The molecule has 0 saturated carbocycles. The molecule has 0 fully saturated rings. The average molecular weight is 505 g/mol. The number of hydrogen-bond acceptors (Lipinski definition) is 4. The smallest absolute Gasteiger partial charge is 0.748 e. The minimum absolute atomic E-state index is 0. The predicted molar refractivity (Wildman–Crippen MR) is 139 cm³/mol. The third-order valence-corrected chi connectivity index (χ3v) is 7.78. The van der Waals surface area contributed by atoms with Crippen LogP contribution in [0, 0.1) is 0 Å². The Morgan fingerprint density at radius 3 is 1.74 bits per heavy atom. The Labute approximate surface area is 233 Å². The SMILES string of the molecule is CCCCCCCCCc1ccc(OCCC(C)S(=O)(=O)[O-])cc1CCCCCCCCC.[Na+]. The van der Waals surface area contributed by atoms with Crippen molar-refractivity contribution in [2.24, 2.45) is 0 Å². The van der Waals surface area contributed by atoms with Gasteiger partial charge in [0.1, 0.15) is 5.75 Å². The number of rotatable bonds is 21.